The molecule has 0 spiro atoms. The number of nitrogens with two attached hydrogens (primary N) is 1. The molecule has 2 saturated carbocycles. The molecule has 4 heteroatoms. The van der Waals surface area contributed by atoms with E-state index in [1.54, 1.807) is 0 Å². The number of hydrogen-bond acceptors (Lipinski definition) is 2. The molecule has 2 aliphatic carbocycles. The van der Waals surface area contributed by atoms with E-state index in [-0.39, 0.29) is 18.3 Å². The van der Waals surface area contributed by atoms with E-state index in [2.05, 4.69) is 18.7 Å². The van der Waals surface area contributed by atoms with E-state index in [1.807, 2.05) is 0 Å². The normalized spacial score (nSPS) is 39.2. The van der Waals surface area contributed by atoms with Gasteiger partial charge in [-0.15, -0.1) is 12.4 Å². The summed E-state index contributed by atoms with van der Waals surface area (Å²) in [7, 11) is 0. The third-order valence-corrected chi connectivity index (χ3v) is 5.75. The molecule has 3 rings (SSSR count). The zero-order valence-electron chi connectivity index (χ0n) is 12.8. The van der Waals surface area contributed by atoms with Gasteiger partial charge in [0.25, 0.3) is 0 Å². The summed E-state index contributed by atoms with van der Waals surface area (Å²) >= 11 is 0. The lowest BCUT2D eigenvalue weighted by atomic mass is 9.65. The topological polar surface area (TPSA) is 46.3 Å². The number of fused-ring (bicyclic) bond motifs is 2. The van der Waals surface area contributed by atoms with Gasteiger partial charge in [0.1, 0.15) is 0 Å². The first-order chi connectivity index (χ1) is 8.96. The molecule has 2 unspecified atom stereocenters. The van der Waals surface area contributed by atoms with E-state index in [4.69, 9.17) is 5.73 Å². The van der Waals surface area contributed by atoms with Crippen molar-refractivity contribution in [2.24, 2.45) is 28.9 Å². The standard InChI is InChI=1S/C16H28N2O.ClH/c1-16(2)6-7-18(10-16)15(19)13-8-11-4-3-5-12(9-13)14(11)17;/h11-14H,3-10,17H2,1-2H3;1H. The third-order valence-electron chi connectivity index (χ3n) is 5.75. The first kappa shape index (κ1) is 16.1. The molecule has 1 saturated heterocycles. The van der Waals surface area contributed by atoms with Crippen LogP contribution in [0.25, 0.3) is 0 Å². The largest absolute Gasteiger partial charge is 0.342 e. The molecule has 0 aromatic heterocycles. The molecular formula is C16H29ClN2O. The molecule has 2 bridgehead atoms. The van der Waals surface area contributed by atoms with Crippen molar-refractivity contribution >= 4 is 18.3 Å². The van der Waals surface area contributed by atoms with Gasteiger partial charge in [-0.05, 0) is 49.4 Å². The van der Waals surface area contributed by atoms with Crippen molar-refractivity contribution in [2.75, 3.05) is 13.1 Å². The van der Waals surface area contributed by atoms with Crippen LogP contribution in [0.15, 0.2) is 0 Å². The lowest BCUT2D eigenvalue weighted by Crippen LogP contribution is -2.49. The minimum Gasteiger partial charge on any atom is -0.342 e. The number of hydrogen-bond donors (Lipinski definition) is 1. The maximum atomic E-state index is 12.7. The van der Waals surface area contributed by atoms with Crippen LogP contribution in [-0.4, -0.2) is 29.9 Å². The summed E-state index contributed by atoms with van der Waals surface area (Å²) < 4.78 is 0. The molecule has 2 N–H and O–H groups in total. The van der Waals surface area contributed by atoms with Gasteiger partial charge in [-0.2, -0.15) is 0 Å². The minimum atomic E-state index is 0. The second kappa shape index (κ2) is 5.84. The lowest BCUT2D eigenvalue weighted by molar-refractivity contribution is -0.137. The second-order valence-corrected chi connectivity index (χ2v) is 7.87. The molecule has 0 aromatic rings. The number of likely N-dealkylation sites (tertiary alicyclic amines) is 1. The van der Waals surface area contributed by atoms with Gasteiger partial charge < -0.3 is 10.6 Å². The molecule has 1 aliphatic heterocycles. The quantitative estimate of drug-likeness (QED) is 0.809. The maximum Gasteiger partial charge on any atom is 0.225 e. The molecule has 3 nitrogen and oxygen atoms in total. The van der Waals surface area contributed by atoms with Gasteiger partial charge in [0.05, 0.1) is 0 Å². The van der Waals surface area contributed by atoms with Crippen LogP contribution in [0.1, 0.15) is 52.4 Å². The second-order valence-electron chi connectivity index (χ2n) is 7.87. The highest BCUT2D eigenvalue weighted by molar-refractivity contribution is 5.85. The third kappa shape index (κ3) is 2.99. The van der Waals surface area contributed by atoms with E-state index in [9.17, 15) is 4.79 Å². The Kier molecular flexibility index (Phi) is 4.70. The van der Waals surface area contributed by atoms with Gasteiger partial charge in [0, 0.05) is 25.0 Å². The monoisotopic (exact) mass is 300 g/mol. The molecule has 20 heavy (non-hydrogen) atoms. The van der Waals surface area contributed by atoms with E-state index >= 15 is 0 Å². The van der Waals surface area contributed by atoms with Crippen LogP contribution in [-0.2, 0) is 4.79 Å². The average Bonchev–Trinajstić information content (AvgIpc) is 2.68. The zero-order valence-corrected chi connectivity index (χ0v) is 13.6. The predicted octanol–water partition coefficient (Wildman–Crippen LogP) is 2.82. The smallest absolute Gasteiger partial charge is 0.225 e. The molecule has 116 valence electrons. The number of carbonyl (C=O) groups is 1. The van der Waals surface area contributed by atoms with Crippen LogP contribution < -0.4 is 5.73 Å². The van der Waals surface area contributed by atoms with E-state index in [0.29, 0.717) is 29.2 Å². The van der Waals surface area contributed by atoms with E-state index in [0.717, 1.165) is 32.4 Å². The summed E-state index contributed by atoms with van der Waals surface area (Å²) in [6.07, 6.45) is 7.05. The Bertz CT molecular complexity index is 357. The van der Waals surface area contributed by atoms with E-state index in [1.165, 1.54) is 19.3 Å². The van der Waals surface area contributed by atoms with Crippen molar-refractivity contribution in [1.29, 1.82) is 0 Å². The van der Waals surface area contributed by atoms with Crippen molar-refractivity contribution in [1.82, 2.24) is 4.90 Å². The maximum absolute atomic E-state index is 12.7. The van der Waals surface area contributed by atoms with Crippen LogP contribution in [0, 0.1) is 23.2 Å². The highest BCUT2D eigenvalue weighted by Gasteiger charge is 2.43. The van der Waals surface area contributed by atoms with Crippen molar-refractivity contribution in [2.45, 2.75) is 58.4 Å². The van der Waals surface area contributed by atoms with Gasteiger partial charge in [-0.3, -0.25) is 4.79 Å². The Morgan fingerprint density at radius 2 is 1.80 bits per heavy atom. The summed E-state index contributed by atoms with van der Waals surface area (Å²) in [6, 6.07) is 0.368. The van der Waals surface area contributed by atoms with Crippen molar-refractivity contribution in [3.8, 4) is 0 Å². The van der Waals surface area contributed by atoms with Crippen molar-refractivity contribution in [3.63, 3.8) is 0 Å². The first-order valence-electron chi connectivity index (χ1n) is 8.01. The Morgan fingerprint density at radius 3 is 2.30 bits per heavy atom. The Morgan fingerprint density at radius 1 is 1.20 bits per heavy atom. The van der Waals surface area contributed by atoms with Crippen LogP contribution in [0.4, 0.5) is 0 Å². The van der Waals surface area contributed by atoms with Gasteiger partial charge in [0.15, 0.2) is 0 Å². The number of nitrogens with zero attached hydrogens (tertiary/aromatic N) is 1. The molecule has 2 atom stereocenters. The van der Waals surface area contributed by atoms with Crippen LogP contribution >= 0.6 is 12.4 Å². The number of carbonyl (C=O) groups excluding carboxylic acids is 1. The van der Waals surface area contributed by atoms with Crippen LogP contribution in [0.3, 0.4) is 0 Å². The number of amides is 1. The molecule has 3 fully saturated rings. The molecule has 3 aliphatic rings. The van der Waals surface area contributed by atoms with Crippen molar-refractivity contribution < 1.29 is 4.79 Å². The molecule has 1 heterocycles. The van der Waals surface area contributed by atoms with Crippen molar-refractivity contribution in [3.05, 3.63) is 0 Å². The van der Waals surface area contributed by atoms with Crippen LogP contribution in [0.5, 0.6) is 0 Å². The molecule has 0 aromatic carbocycles. The fourth-order valence-electron chi connectivity index (χ4n) is 4.55. The highest BCUT2D eigenvalue weighted by atomic mass is 35.5. The summed E-state index contributed by atoms with van der Waals surface area (Å²) in [5, 5.41) is 0. The molecule has 1 amide bonds. The Labute approximate surface area is 129 Å². The first-order valence-corrected chi connectivity index (χ1v) is 8.01. The zero-order chi connectivity index (χ0) is 13.6. The Hall–Kier alpha value is -0.280. The fourth-order valence-corrected chi connectivity index (χ4v) is 4.55. The highest BCUT2D eigenvalue weighted by Crippen LogP contribution is 2.43. The van der Waals surface area contributed by atoms with Gasteiger partial charge in [-0.25, -0.2) is 0 Å². The summed E-state index contributed by atoms with van der Waals surface area (Å²) in [5.74, 6) is 1.91. The van der Waals surface area contributed by atoms with Gasteiger partial charge in [0.2, 0.25) is 5.91 Å². The molecule has 0 radical (unpaired) electrons. The number of halogens is 1. The fraction of sp³-hybridized carbons (Fsp3) is 0.938. The van der Waals surface area contributed by atoms with Gasteiger partial charge in [-0.1, -0.05) is 20.3 Å². The summed E-state index contributed by atoms with van der Waals surface area (Å²) in [6.45, 7) is 6.45. The van der Waals surface area contributed by atoms with Crippen LogP contribution in [0.2, 0.25) is 0 Å². The summed E-state index contributed by atoms with van der Waals surface area (Å²) in [4.78, 5) is 14.8. The Balaban J connectivity index is 0.00000147. The number of rotatable bonds is 1. The van der Waals surface area contributed by atoms with E-state index < -0.39 is 0 Å². The van der Waals surface area contributed by atoms with Gasteiger partial charge >= 0.3 is 0 Å². The predicted molar refractivity (Wildman–Crippen MR) is 83.8 cm³/mol. The lowest BCUT2D eigenvalue weighted by Gasteiger charge is -2.44. The average molecular weight is 301 g/mol. The minimum absolute atomic E-state index is 0. The molecular weight excluding hydrogens is 272 g/mol. The SMILES string of the molecule is CC1(C)CCN(C(=O)C2CC3CCCC(C2)C3N)C1.Cl. The summed E-state index contributed by atoms with van der Waals surface area (Å²) in [5.41, 5.74) is 6.63.